The number of carbonyl (C=O) groups excluding carboxylic acids is 2. The number of benzene rings is 5. The fourth-order valence-corrected chi connectivity index (χ4v) is 15.8. The predicted molar refractivity (Wildman–Crippen MR) is 451 cm³/mol. The molecule has 12 aromatic rings. The molecule has 4 N–H and O–H groups in total. The number of nitrogens with one attached hydrogen (secondary N) is 3. The van der Waals surface area contributed by atoms with Crippen LogP contribution >= 0.6 is 0 Å². The van der Waals surface area contributed by atoms with Crippen molar-refractivity contribution in [2.75, 3.05) is 133 Å². The van der Waals surface area contributed by atoms with Gasteiger partial charge in [0.1, 0.15) is 76.7 Å². The molecule has 13 heterocycles. The van der Waals surface area contributed by atoms with Gasteiger partial charge in [0.2, 0.25) is 0 Å². The molecule has 7 aromatic heterocycles. The van der Waals surface area contributed by atoms with Gasteiger partial charge in [-0.15, -0.1) is 0 Å². The van der Waals surface area contributed by atoms with Crippen molar-refractivity contribution in [3.05, 3.63) is 193 Å². The topological polar surface area (TPSA) is 315 Å². The van der Waals surface area contributed by atoms with Gasteiger partial charge in [-0.2, -0.15) is 15.8 Å². The fourth-order valence-electron chi connectivity index (χ4n) is 15.8. The third kappa shape index (κ3) is 18.2. The van der Waals surface area contributed by atoms with Crippen LogP contribution in [-0.2, 0) is 28.5 Å². The van der Waals surface area contributed by atoms with Crippen LogP contribution in [0.15, 0.2) is 176 Å². The Morgan fingerprint density at radius 1 is 0.441 bits per heavy atom. The highest BCUT2D eigenvalue weighted by molar-refractivity contribution is 5.99. The van der Waals surface area contributed by atoms with E-state index in [1.165, 1.54) is 24.0 Å². The molecule has 6 saturated heterocycles. The fraction of sp³-hybridized carbons (Fsp3) is 0.337. The number of hydrogen-bond donors (Lipinski definition) is 4. The standard InChI is InChI=1S/C33H35N5O4.C31H31N5O4.C28H27N5O3/c1-33(2,3)42-32(39)38-13-11-26(21-38)41-30-9-6-23(18-24(30)20-34)27-10-12-35-31-28(27)19-29(36-31)22-4-7-25(8-5-22)37-14-16-40-17-15-37;1-20(37)31(38)36-11-9-25(19-36)40-29-7-4-22(16-23(29)18-32)26-8-10-33-30-27(26)17-28(34-30)21-2-5-24(6-3-21)35-12-14-39-15-13-35;29-17-20-15-26(31-18-27(20)36-22-6-11-34-12-7-22)23-5-8-30-28-24(23)16-25(32-28)19-1-3-21(4-2-19)33-9-13-35-14-10-33/h4-10,12,18-19,26H,11,13-17,21H2,1-3H3,(H,35,36);2-8,10,16-17,20,25,37H,9,11-15,19H2,1H3,(H,33,34);1-5,8,15-16,18,22H,6-7,9-14H2,(H,30,32)/t26-;20?,25-;/m01./s1. The maximum Gasteiger partial charge on any atom is 0.410 e. The molecule has 0 radical (unpaired) electrons. The van der Waals surface area contributed by atoms with Crippen LogP contribution in [0.3, 0.4) is 0 Å². The zero-order valence-electron chi connectivity index (χ0n) is 66.5. The smallest absolute Gasteiger partial charge is 0.410 e. The number of pyridine rings is 4. The summed E-state index contributed by atoms with van der Waals surface area (Å²) in [4.78, 5) is 63.5. The summed E-state index contributed by atoms with van der Waals surface area (Å²) in [6, 6.07) is 57.7. The van der Waals surface area contributed by atoms with Crippen molar-refractivity contribution in [1.82, 2.24) is 44.7 Å². The van der Waals surface area contributed by atoms with E-state index in [0.29, 0.717) is 91.9 Å². The largest absolute Gasteiger partial charge is 0.487 e. The molecule has 1 unspecified atom stereocenters. The summed E-state index contributed by atoms with van der Waals surface area (Å²) in [5.74, 6) is 1.22. The molecule has 118 heavy (non-hydrogen) atoms. The molecule has 5 aromatic carbocycles. The van der Waals surface area contributed by atoms with Gasteiger partial charge in [-0.05, 0) is 170 Å². The first-order valence-electron chi connectivity index (χ1n) is 40.3. The van der Waals surface area contributed by atoms with Gasteiger partial charge in [0.05, 0.1) is 94.5 Å². The molecule has 2 amide bonds. The van der Waals surface area contributed by atoms with Gasteiger partial charge < -0.3 is 82.5 Å². The van der Waals surface area contributed by atoms with Crippen molar-refractivity contribution in [1.29, 1.82) is 15.8 Å². The molecule has 6 aliphatic heterocycles. The molecule has 0 bridgehead atoms. The third-order valence-electron chi connectivity index (χ3n) is 22.0. The van der Waals surface area contributed by atoms with E-state index in [-0.39, 0.29) is 30.3 Å². The highest BCUT2D eigenvalue weighted by Gasteiger charge is 2.33. The van der Waals surface area contributed by atoms with Crippen LogP contribution in [0.4, 0.5) is 21.9 Å². The quantitative estimate of drug-likeness (QED) is 0.0698. The molecular weight excluding hydrogens is 1490 g/mol. The molecule has 18 rings (SSSR count). The van der Waals surface area contributed by atoms with Crippen LogP contribution in [0, 0.1) is 34.0 Å². The Bertz CT molecular complexity index is 5700. The monoisotopic (exact) mass is 1580 g/mol. The zero-order valence-corrected chi connectivity index (χ0v) is 66.5. The number of amides is 2. The number of hydrogen-bond acceptors (Lipinski definition) is 21. The van der Waals surface area contributed by atoms with Crippen molar-refractivity contribution < 1.29 is 52.6 Å². The van der Waals surface area contributed by atoms with E-state index in [1.54, 1.807) is 40.7 Å². The Balaban J connectivity index is 0.000000133. The number of nitrogens with zero attached hydrogens (tertiary/aromatic N) is 12. The second-order valence-electron chi connectivity index (χ2n) is 31.0. The summed E-state index contributed by atoms with van der Waals surface area (Å²) in [5.41, 5.74) is 18.3. The zero-order chi connectivity index (χ0) is 81.2. The van der Waals surface area contributed by atoms with Gasteiger partial charge in [-0.1, -0.05) is 48.5 Å². The van der Waals surface area contributed by atoms with Crippen molar-refractivity contribution in [2.45, 2.75) is 83.4 Å². The lowest BCUT2D eigenvalue weighted by Gasteiger charge is -2.28. The minimum Gasteiger partial charge on any atom is -0.487 e. The van der Waals surface area contributed by atoms with Crippen LogP contribution < -0.4 is 28.9 Å². The van der Waals surface area contributed by atoms with E-state index in [2.05, 4.69) is 159 Å². The van der Waals surface area contributed by atoms with E-state index < -0.39 is 11.7 Å². The number of ether oxygens (including phenoxy) is 8. The number of morpholine rings is 3. The van der Waals surface area contributed by atoms with Crippen molar-refractivity contribution in [3.8, 4) is 103 Å². The van der Waals surface area contributed by atoms with Gasteiger partial charge in [0.15, 0.2) is 5.75 Å². The number of rotatable bonds is 16. The summed E-state index contributed by atoms with van der Waals surface area (Å²) >= 11 is 0. The summed E-state index contributed by atoms with van der Waals surface area (Å²) < 4.78 is 45.7. The Morgan fingerprint density at radius 2 is 0.814 bits per heavy atom. The molecule has 26 nitrogen and oxygen atoms in total. The first-order chi connectivity index (χ1) is 57.5. The maximum atomic E-state index is 12.4. The molecule has 602 valence electrons. The van der Waals surface area contributed by atoms with Gasteiger partial charge in [-0.3, -0.25) is 9.78 Å². The van der Waals surface area contributed by atoms with Gasteiger partial charge in [0, 0.05) is 152 Å². The predicted octanol–water partition coefficient (Wildman–Crippen LogP) is 14.5. The molecule has 0 spiro atoms. The van der Waals surface area contributed by atoms with E-state index in [4.69, 9.17) is 37.9 Å². The highest BCUT2D eigenvalue weighted by Crippen LogP contribution is 2.40. The van der Waals surface area contributed by atoms with Crippen molar-refractivity contribution in [2.24, 2.45) is 0 Å². The average Bonchev–Trinajstić information content (AvgIpc) is 1.63. The maximum absolute atomic E-state index is 12.4. The lowest BCUT2D eigenvalue weighted by molar-refractivity contribution is -0.138. The molecule has 3 atom stereocenters. The lowest BCUT2D eigenvalue weighted by Crippen LogP contribution is -2.37. The van der Waals surface area contributed by atoms with Crippen LogP contribution in [0.5, 0.6) is 17.2 Å². The number of aliphatic hydroxyl groups is 1. The summed E-state index contributed by atoms with van der Waals surface area (Å²) in [5, 5.41) is 42.2. The Kier molecular flexibility index (Phi) is 23.9. The molecule has 6 aliphatic rings. The van der Waals surface area contributed by atoms with E-state index in [9.17, 15) is 30.5 Å². The number of aliphatic hydroxyl groups excluding tert-OH is 1. The third-order valence-corrected chi connectivity index (χ3v) is 22.0. The first-order valence-corrected chi connectivity index (χ1v) is 40.3. The Labute approximate surface area is 684 Å². The second-order valence-corrected chi connectivity index (χ2v) is 31.0. The summed E-state index contributed by atoms with van der Waals surface area (Å²) in [6.07, 6.45) is 8.17. The minimum atomic E-state index is -1.03. The summed E-state index contributed by atoms with van der Waals surface area (Å²) in [6.45, 7) is 20.2. The molecular formula is C92H93N15O11. The Hall–Kier alpha value is -12.9. The number of aromatic nitrogens is 7. The van der Waals surface area contributed by atoms with Crippen LogP contribution in [-0.4, -0.2) is 210 Å². The van der Waals surface area contributed by atoms with Crippen LogP contribution in [0.2, 0.25) is 0 Å². The normalized spacial score (nSPS) is 17.4. The van der Waals surface area contributed by atoms with E-state index in [0.717, 1.165) is 186 Å². The molecule has 6 fully saturated rings. The number of carbonyl (C=O) groups is 2. The van der Waals surface area contributed by atoms with Crippen LogP contribution in [0.25, 0.3) is 100 Å². The number of anilines is 3. The summed E-state index contributed by atoms with van der Waals surface area (Å²) in [7, 11) is 0. The van der Waals surface area contributed by atoms with Crippen LogP contribution in [0.1, 0.15) is 70.1 Å². The number of aromatic amines is 3. The first kappa shape index (κ1) is 79.0. The molecule has 0 saturated carbocycles. The number of H-pyrrole nitrogens is 3. The number of likely N-dealkylation sites (tertiary alicyclic amines) is 2. The SMILES string of the molecule is CC(C)(C)OC(=O)N1CC[C@H](Oc2ccc(-c3ccnc4[nH]c(-c5ccc(N6CCOCC6)cc5)cc34)cc2C#N)C1.CC(O)C(=O)N1CC[C@@H](Oc2ccc(-c3ccnc4[nH]c(-c5ccc(N6CCOCC6)cc5)cc34)cc2C#N)C1.N#Cc1cc(-c2ccnc3[nH]c(-c4ccc(N5CCOCC5)cc4)cc23)ncc1OC1CCOCC1. The number of fused-ring (bicyclic) bond motifs is 3. The second kappa shape index (κ2) is 35.7. The molecule has 26 heteroatoms. The van der Waals surface area contributed by atoms with Crippen molar-refractivity contribution >= 4 is 62.2 Å². The van der Waals surface area contributed by atoms with Gasteiger partial charge >= 0.3 is 6.09 Å². The Morgan fingerprint density at radius 3 is 1.23 bits per heavy atom. The molecule has 0 aliphatic carbocycles. The van der Waals surface area contributed by atoms with Gasteiger partial charge in [-0.25, -0.2) is 19.7 Å². The van der Waals surface area contributed by atoms with E-state index >= 15 is 0 Å². The van der Waals surface area contributed by atoms with E-state index in [1.807, 2.05) is 75.4 Å². The lowest BCUT2D eigenvalue weighted by atomic mass is 10.0. The van der Waals surface area contributed by atoms with Crippen molar-refractivity contribution in [3.63, 3.8) is 0 Å². The average molecular weight is 1580 g/mol. The highest BCUT2D eigenvalue weighted by atomic mass is 16.6. The van der Waals surface area contributed by atoms with Gasteiger partial charge in [0.25, 0.3) is 5.91 Å². The number of nitriles is 3. The minimum absolute atomic E-state index is 0.0491.